The molecule has 1 aromatic heterocycles. The van der Waals surface area contributed by atoms with Gasteiger partial charge in [0.2, 0.25) is 5.91 Å². The average Bonchev–Trinajstić information content (AvgIpc) is 2.98. The number of aliphatic carboxylic acids is 1. The van der Waals surface area contributed by atoms with E-state index in [0.717, 1.165) is 25.8 Å². The number of hydrogen-bond donors (Lipinski definition) is 1. The van der Waals surface area contributed by atoms with Gasteiger partial charge in [-0.3, -0.25) is 14.6 Å². The van der Waals surface area contributed by atoms with Gasteiger partial charge in [0.15, 0.2) is 0 Å². The highest BCUT2D eigenvalue weighted by atomic mass is 19.4. The summed E-state index contributed by atoms with van der Waals surface area (Å²) in [5, 5.41) is 7.12. The van der Waals surface area contributed by atoms with Crippen LogP contribution in [-0.4, -0.2) is 70.0 Å². The van der Waals surface area contributed by atoms with Crippen LogP contribution in [0.2, 0.25) is 0 Å². The monoisotopic (exact) mass is 413 g/mol. The molecule has 2 saturated heterocycles. The number of halogens is 3. The van der Waals surface area contributed by atoms with Crippen molar-refractivity contribution in [3.05, 3.63) is 42.7 Å². The SMILES string of the molecule is C=CCN1CCC2(CCN(C(=O)c3cccnc3)CC2)C1=O.O=C(O)C(F)(F)F. The second-order valence-electron chi connectivity index (χ2n) is 6.91. The molecule has 1 spiro atoms. The topological polar surface area (TPSA) is 90.8 Å². The predicted octanol–water partition coefficient (Wildman–Crippen LogP) is 2.36. The van der Waals surface area contributed by atoms with E-state index in [0.29, 0.717) is 25.2 Å². The maximum Gasteiger partial charge on any atom is 0.490 e. The number of rotatable bonds is 3. The van der Waals surface area contributed by atoms with Crippen LogP contribution in [0.25, 0.3) is 0 Å². The zero-order valence-corrected chi connectivity index (χ0v) is 15.7. The van der Waals surface area contributed by atoms with Crippen molar-refractivity contribution in [3.63, 3.8) is 0 Å². The van der Waals surface area contributed by atoms with Crippen LogP contribution >= 0.6 is 0 Å². The van der Waals surface area contributed by atoms with Gasteiger partial charge >= 0.3 is 12.1 Å². The van der Waals surface area contributed by atoms with Crippen LogP contribution in [-0.2, 0) is 9.59 Å². The zero-order chi connectivity index (χ0) is 21.7. The van der Waals surface area contributed by atoms with Gasteiger partial charge in [0.1, 0.15) is 0 Å². The normalized spacial score (nSPS) is 18.2. The van der Waals surface area contributed by atoms with Crippen molar-refractivity contribution >= 4 is 17.8 Å². The van der Waals surface area contributed by atoms with Gasteiger partial charge in [-0.1, -0.05) is 6.08 Å². The molecule has 3 heterocycles. The lowest BCUT2D eigenvalue weighted by Crippen LogP contribution is -2.46. The van der Waals surface area contributed by atoms with Crippen molar-refractivity contribution in [2.75, 3.05) is 26.2 Å². The fourth-order valence-electron chi connectivity index (χ4n) is 3.50. The highest BCUT2D eigenvalue weighted by Crippen LogP contribution is 2.41. The molecule has 3 rings (SSSR count). The maximum atomic E-state index is 12.6. The third kappa shape index (κ3) is 5.33. The van der Waals surface area contributed by atoms with Gasteiger partial charge in [0.05, 0.1) is 11.0 Å². The summed E-state index contributed by atoms with van der Waals surface area (Å²) < 4.78 is 31.7. The number of carbonyl (C=O) groups excluding carboxylic acids is 2. The molecule has 0 atom stereocenters. The summed E-state index contributed by atoms with van der Waals surface area (Å²) in [7, 11) is 0. The number of aromatic nitrogens is 1. The van der Waals surface area contributed by atoms with E-state index in [9.17, 15) is 22.8 Å². The molecule has 2 aliphatic rings. The zero-order valence-electron chi connectivity index (χ0n) is 15.7. The molecule has 2 aliphatic heterocycles. The number of alkyl halides is 3. The summed E-state index contributed by atoms with van der Waals surface area (Å²) in [5.41, 5.74) is 0.360. The highest BCUT2D eigenvalue weighted by Gasteiger charge is 2.48. The van der Waals surface area contributed by atoms with E-state index in [1.54, 1.807) is 30.6 Å². The van der Waals surface area contributed by atoms with Crippen LogP contribution < -0.4 is 0 Å². The van der Waals surface area contributed by atoms with Crippen molar-refractivity contribution in [2.45, 2.75) is 25.4 Å². The van der Waals surface area contributed by atoms with Crippen molar-refractivity contribution in [1.82, 2.24) is 14.8 Å². The third-order valence-corrected chi connectivity index (χ3v) is 5.11. The number of likely N-dealkylation sites (tertiary alicyclic amines) is 2. The van der Waals surface area contributed by atoms with Crippen molar-refractivity contribution in [2.24, 2.45) is 5.41 Å². The second kappa shape index (κ2) is 9.06. The molecule has 158 valence electrons. The lowest BCUT2D eigenvalue weighted by molar-refractivity contribution is -0.192. The molecular formula is C19H22F3N3O4. The van der Waals surface area contributed by atoms with Gasteiger partial charge < -0.3 is 14.9 Å². The van der Waals surface area contributed by atoms with Gasteiger partial charge in [-0.15, -0.1) is 6.58 Å². The Morgan fingerprint density at radius 1 is 1.24 bits per heavy atom. The van der Waals surface area contributed by atoms with Crippen LogP contribution in [0.15, 0.2) is 37.2 Å². The molecule has 0 unspecified atom stereocenters. The third-order valence-electron chi connectivity index (χ3n) is 5.11. The van der Waals surface area contributed by atoms with E-state index < -0.39 is 12.1 Å². The number of hydrogen-bond acceptors (Lipinski definition) is 4. The molecular weight excluding hydrogens is 391 g/mol. The smallest absolute Gasteiger partial charge is 0.475 e. The number of piperidine rings is 1. The average molecular weight is 413 g/mol. The summed E-state index contributed by atoms with van der Waals surface area (Å²) in [6, 6.07) is 3.55. The quantitative estimate of drug-likeness (QED) is 0.769. The Labute approximate surface area is 165 Å². The van der Waals surface area contributed by atoms with Crippen LogP contribution in [0, 0.1) is 5.41 Å². The van der Waals surface area contributed by atoms with Gasteiger partial charge in [0.25, 0.3) is 5.91 Å². The Balaban J connectivity index is 0.000000370. The number of nitrogens with zero attached hydrogens (tertiary/aromatic N) is 3. The Kier molecular flexibility index (Phi) is 6.99. The molecule has 0 saturated carbocycles. The number of carbonyl (C=O) groups is 3. The second-order valence-corrected chi connectivity index (χ2v) is 6.91. The van der Waals surface area contributed by atoms with E-state index in [2.05, 4.69) is 11.6 Å². The molecule has 0 radical (unpaired) electrons. The van der Waals surface area contributed by atoms with Crippen LogP contribution in [0.1, 0.15) is 29.6 Å². The van der Waals surface area contributed by atoms with E-state index >= 15 is 0 Å². The summed E-state index contributed by atoms with van der Waals surface area (Å²) in [4.78, 5) is 41.6. The van der Waals surface area contributed by atoms with E-state index in [1.165, 1.54) is 0 Å². The van der Waals surface area contributed by atoms with E-state index in [-0.39, 0.29) is 17.2 Å². The van der Waals surface area contributed by atoms with Gasteiger partial charge in [-0.25, -0.2) is 4.79 Å². The molecule has 2 fully saturated rings. The molecule has 29 heavy (non-hydrogen) atoms. The number of carboxylic acids is 1. The fourth-order valence-corrected chi connectivity index (χ4v) is 3.50. The minimum absolute atomic E-state index is 0.0105. The number of carboxylic acid groups (broad SMARTS) is 1. The first-order chi connectivity index (χ1) is 13.6. The van der Waals surface area contributed by atoms with Crippen LogP contribution in [0.3, 0.4) is 0 Å². The Bertz CT molecular complexity index is 760. The van der Waals surface area contributed by atoms with Crippen LogP contribution in [0.5, 0.6) is 0 Å². The Morgan fingerprint density at radius 2 is 1.83 bits per heavy atom. The first-order valence-corrected chi connectivity index (χ1v) is 9.00. The minimum Gasteiger partial charge on any atom is -0.475 e. The van der Waals surface area contributed by atoms with Gasteiger partial charge in [0, 0.05) is 38.6 Å². The number of amides is 2. The fraction of sp³-hybridized carbons (Fsp3) is 0.474. The minimum atomic E-state index is -5.08. The van der Waals surface area contributed by atoms with Crippen molar-refractivity contribution < 1.29 is 32.7 Å². The van der Waals surface area contributed by atoms with Crippen molar-refractivity contribution in [1.29, 1.82) is 0 Å². The molecule has 10 heteroatoms. The van der Waals surface area contributed by atoms with E-state index in [4.69, 9.17) is 9.90 Å². The molecule has 1 N–H and O–H groups in total. The van der Waals surface area contributed by atoms with E-state index in [1.807, 2.05) is 9.80 Å². The first-order valence-electron chi connectivity index (χ1n) is 9.00. The predicted molar refractivity (Wildman–Crippen MR) is 96.9 cm³/mol. The molecule has 2 amide bonds. The molecule has 1 aromatic rings. The summed E-state index contributed by atoms with van der Waals surface area (Å²) >= 11 is 0. The molecule has 0 aliphatic carbocycles. The van der Waals surface area contributed by atoms with Crippen molar-refractivity contribution in [3.8, 4) is 0 Å². The number of pyridine rings is 1. The first kappa shape index (κ1) is 22.4. The summed E-state index contributed by atoms with van der Waals surface area (Å²) in [6.07, 6.45) is 2.36. The standard InChI is InChI=1S/C17H21N3O2.C2HF3O2/c1-2-9-20-12-7-17(16(20)22)5-10-19(11-6-17)15(21)14-4-3-8-18-13-14;3-2(4,5)1(6)7/h2-4,8,13H,1,5-7,9-12H2;(H,6,7). The largest absolute Gasteiger partial charge is 0.490 e. The highest BCUT2D eigenvalue weighted by molar-refractivity contribution is 5.94. The molecule has 0 bridgehead atoms. The molecule has 0 aromatic carbocycles. The lowest BCUT2D eigenvalue weighted by Gasteiger charge is -2.37. The Hall–Kier alpha value is -2.91. The van der Waals surface area contributed by atoms with Crippen LogP contribution in [0.4, 0.5) is 13.2 Å². The summed E-state index contributed by atoms with van der Waals surface area (Å²) in [6.45, 7) is 6.42. The maximum absolute atomic E-state index is 12.6. The summed E-state index contributed by atoms with van der Waals surface area (Å²) in [5.74, 6) is -2.51. The Morgan fingerprint density at radius 3 is 2.31 bits per heavy atom. The lowest BCUT2D eigenvalue weighted by atomic mass is 9.77. The molecule has 7 nitrogen and oxygen atoms in total. The van der Waals surface area contributed by atoms with Gasteiger partial charge in [-0.2, -0.15) is 13.2 Å². The van der Waals surface area contributed by atoms with Gasteiger partial charge in [-0.05, 0) is 31.4 Å².